The van der Waals surface area contributed by atoms with Crippen molar-refractivity contribution in [1.82, 2.24) is 10.2 Å². The molecule has 106 valence electrons. The molecule has 1 aromatic heterocycles. The number of aromatic nitrogens is 2. The molecular weight excluding hydrogens is 260 g/mol. The lowest BCUT2D eigenvalue weighted by Gasteiger charge is -1.98. The first-order valence-electron chi connectivity index (χ1n) is 5.53. The predicted molar refractivity (Wildman–Crippen MR) is 69.1 cm³/mol. The number of nitrogens with zero attached hydrogens (tertiary/aromatic N) is 1. The largest absolute Gasteiger partial charge is 0.397 e. The molecule has 1 rings (SSSR count). The number of hydrogen-bond acceptors (Lipinski definition) is 6. The SMILES string of the molecule is CCCCCCOS(=O)(=O)O.Nc1cn[nH]c1N. The quantitative estimate of drug-likeness (QED) is 0.448. The Morgan fingerprint density at radius 3 is 2.39 bits per heavy atom. The van der Waals surface area contributed by atoms with Gasteiger partial charge in [-0.05, 0) is 6.42 Å². The summed E-state index contributed by atoms with van der Waals surface area (Å²) >= 11 is 0. The minimum atomic E-state index is -4.21. The summed E-state index contributed by atoms with van der Waals surface area (Å²) in [6, 6.07) is 0. The summed E-state index contributed by atoms with van der Waals surface area (Å²) in [7, 11) is -4.21. The van der Waals surface area contributed by atoms with Crippen molar-refractivity contribution in [3.05, 3.63) is 6.20 Å². The fraction of sp³-hybridized carbons (Fsp3) is 0.667. The Balaban J connectivity index is 0.000000351. The van der Waals surface area contributed by atoms with Crippen molar-refractivity contribution in [3.8, 4) is 0 Å². The van der Waals surface area contributed by atoms with Gasteiger partial charge in [-0.15, -0.1) is 0 Å². The molecule has 0 spiro atoms. The van der Waals surface area contributed by atoms with Crippen molar-refractivity contribution in [2.75, 3.05) is 18.1 Å². The molecule has 0 unspecified atom stereocenters. The molecule has 9 heteroatoms. The second kappa shape index (κ2) is 8.72. The summed E-state index contributed by atoms with van der Waals surface area (Å²) in [5.74, 6) is 0.431. The fourth-order valence-corrected chi connectivity index (χ4v) is 1.33. The second-order valence-corrected chi connectivity index (χ2v) is 4.64. The highest BCUT2D eigenvalue weighted by Crippen LogP contribution is 2.04. The number of rotatable bonds is 6. The van der Waals surface area contributed by atoms with Gasteiger partial charge in [0.1, 0.15) is 5.82 Å². The summed E-state index contributed by atoms with van der Waals surface area (Å²) in [6.45, 7) is 2.14. The van der Waals surface area contributed by atoms with E-state index in [1.54, 1.807) is 0 Å². The highest BCUT2D eigenvalue weighted by atomic mass is 32.3. The van der Waals surface area contributed by atoms with Gasteiger partial charge in [0.25, 0.3) is 0 Å². The molecular formula is C9H20N4O4S. The van der Waals surface area contributed by atoms with Crippen LogP contribution in [-0.2, 0) is 14.6 Å². The average Bonchev–Trinajstić information content (AvgIpc) is 2.62. The average molecular weight is 280 g/mol. The molecule has 0 aliphatic rings. The maximum Gasteiger partial charge on any atom is 0.397 e. The van der Waals surface area contributed by atoms with Crippen molar-refractivity contribution in [3.63, 3.8) is 0 Å². The Bertz CT molecular complexity index is 401. The third-order valence-corrected chi connectivity index (χ3v) is 2.39. The molecule has 0 saturated carbocycles. The molecule has 0 bridgehead atoms. The molecule has 0 saturated heterocycles. The Labute approximate surface area is 107 Å². The molecule has 0 aromatic carbocycles. The molecule has 0 radical (unpaired) electrons. The van der Waals surface area contributed by atoms with Gasteiger partial charge in [-0.1, -0.05) is 26.2 Å². The van der Waals surface area contributed by atoms with Crippen molar-refractivity contribution in [1.29, 1.82) is 0 Å². The Morgan fingerprint density at radius 1 is 1.39 bits per heavy atom. The molecule has 0 aliphatic carbocycles. The Kier molecular flexibility index (Phi) is 8.08. The lowest BCUT2D eigenvalue weighted by Crippen LogP contribution is -2.04. The first kappa shape index (κ1) is 16.7. The van der Waals surface area contributed by atoms with Crippen LogP contribution in [-0.4, -0.2) is 29.8 Å². The smallest absolute Gasteiger partial charge is 0.394 e. The van der Waals surface area contributed by atoms with E-state index < -0.39 is 10.4 Å². The maximum atomic E-state index is 10.00. The first-order valence-corrected chi connectivity index (χ1v) is 6.89. The van der Waals surface area contributed by atoms with Crippen LogP contribution >= 0.6 is 0 Å². The summed E-state index contributed by atoms with van der Waals surface area (Å²) in [4.78, 5) is 0. The van der Waals surface area contributed by atoms with E-state index in [9.17, 15) is 8.42 Å². The summed E-state index contributed by atoms with van der Waals surface area (Å²) < 4.78 is 32.2. The van der Waals surface area contributed by atoms with Crippen LogP contribution in [0.1, 0.15) is 32.6 Å². The van der Waals surface area contributed by atoms with Gasteiger partial charge in [0.05, 0.1) is 18.5 Å². The highest BCUT2D eigenvalue weighted by molar-refractivity contribution is 7.80. The summed E-state index contributed by atoms with van der Waals surface area (Å²) in [5, 5.41) is 6.02. The molecule has 18 heavy (non-hydrogen) atoms. The monoisotopic (exact) mass is 280 g/mol. The molecule has 0 amide bonds. The minimum Gasteiger partial charge on any atom is -0.394 e. The van der Waals surface area contributed by atoms with Gasteiger partial charge >= 0.3 is 10.4 Å². The molecule has 0 fully saturated rings. The van der Waals surface area contributed by atoms with Crippen molar-refractivity contribution in [2.45, 2.75) is 32.6 Å². The van der Waals surface area contributed by atoms with Crippen LogP contribution in [0, 0.1) is 0 Å². The van der Waals surface area contributed by atoms with E-state index >= 15 is 0 Å². The van der Waals surface area contributed by atoms with E-state index in [4.69, 9.17) is 16.0 Å². The van der Waals surface area contributed by atoms with E-state index in [1.807, 2.05) is 0 Å². The second-order valence-electron chi connectivity index (χ2n) is 3.55. The van der Waals surface area contributed by atoms with Gasteiger partial charge in [-0.3, -0.25) is 9.65 Å². The van der Waals surface area contributed by atoms with E-state index in [1.165, 1.54) is 6.20 Å². The number of aromatic amines is 1. The van der Waals surface area contributed by atoms with Crippen LogP contribution in [0.2, 0.25) is 0 Å². The first-order chi connectivity index (χ1) is 8.37. The topological polar surface area (TPSA) is 144 Å². The number of nitrogen functional groups attached to an aromatic ring is 2. The van der Waals surface area contributed by atoms with Gasteiger partial charge in [-0.25, -0.2) is 4.18 Å². The van der Waals surface area contributed by atoms with Crippen LogP contribution in [0.3, 0.4) is 0 Å². The van der Waals surface area contributed by atoms with Crippen molar-refractivity contribution >= 4 is 21.9 Å². The third-order valence-electron chi connectivity index (χ3n) is 1.93. The molecule has 0 aliphatic heterocycles. The van der Waals surface area contributed by atoms with Crippen molar-refractivity contribution in [2.24, 2.45) is 0 Å². The molecule has 6 N–H and O–H groups in total. The van der Waals surface area contributed by atoms with E-state index in [0.29, 0.717) is 17.9 Å². The standard InChI is InChI=1S/C6H14O4S.C3H6N4/c1-2-3-4-5-6-10-11(7,8)9;4-2-1-6-7-3(2)5/h2-6H2,1H3,(H,7,8,9);1H,4H2,(H3,5,6,7). The molecule has 1 aromatic rings. The van der Waals surface area contributed by atoms with Gasteiger partial charge in [0.2, 0.25) is 0 Å². The number of hydrogen-bond donors (Lipinski definition) is 4. The van der Waals surface area contributed by atoms with Gasteiger partial charge < -0.3 is 11.5 Å². The lowest BCUT2D eigenvalue weighted by molar-refractivity contribution is 0.261. The molecule has 1 heterocycles. The minimum absolute atomic E-state index is 0.0822. The van der Waals surface area contributed by atoms with Crippen LogP contribution in [0.4, 0.5) is 11.5 Å². The van der Waals surface area contributed by atoms with Gasteiger partial charge in [-0.2, -0.15) is 13.5 Å². The molecule has 0 atom stereocenters. The van der Waals surface area contributed by atoms with Crippen molar-refractivity contribution < 1.29 is 17.2 Å². The highest BCUT2D eigenvalue weighted by Gasteiger charge is 2.01. The Morgan fingerprint density at radius 2 is 2.06 bits per heavy atom. The lowest BCUT2D eigenvalue weighted by atomic mass is 10.2. The van der Waals surface area contributed by atoms with E-state index in [-0.39, 0.29) is 6.61 Å². The summed E-state index contributed by atoms with van der Waals surface area (Å²) in [5.41, 5.74) is 10.9. The van der Waals surface area contributed by atoms with Crippen LogP contribution < -0.4 is 11.5 Å². The van der Waals surface area contributed by atoms with Crippen LogP contribution in [0.15, 0.2) is 6.20 Å². The molecule has 8 nitrogen and oxygen atoms in total. The number of unbranched alkanes of at least 4 members (excludes halogenated alkanes) is 3. The number of nitrogens with one attached hydrogen (secondary N) is 1. The zero-order chi connectivity index (χ0) is 14.0. The Hall–Kier alpha value is -1.32. The zero-order valence-electron chi connectivity index (χ0n) is 10.3. The number of nitrogens with two attached hydrogens (primary N) is 2. The third kappa shape index (κ3) is 9.87. The fourth-order valence-electron chi connectivity index (χ4n) is 0.999. The summed E-state index contributed by atoms with van der Waals surface area (Å²) in [6.07, 6.45) is 5.23. The maximum absolute atomic E-state index is 10.00. The van der Waals surface area contributed by atoms with Crippen LogP contribution in [0.5, 0.6) is 0 Å². The number of H-pyrrole nitrogens is 1. The van der Waals surface area contributed by atoms with Gasteiger partial charge in [0.15, 0.2) is 0 Å². The predicted octanol–water partition coefficient (Wildman–Crippen LogP) is 0.960. The normalized spacial score (nSPS) is 10.8. The van der Waals surface area contributed by atoms with Gasteiger partial charge in [0, 0.05) is 0 Å². The van der Waals surface area contributed by atoms with Crippen LogP contribution in [0.25, 0.3) is 0 Å². The zero-order valence-corrected chi connectivity index (χ0v) is 11.1. The number of anilines is 2. The van der Waals surface area contributed by atoms with E-state index in [2.05, 4.69) is 21.3 Å². The van der Waals surface area contributed by atoms with E-state index in [0.717, 1.165) is 19.3 Å².